The first-order valence-corrected chi connectivity index (χ1v) is 9.49. The van der Waals surface area contributed by atoms with E-state index in [4.69, 9.17) is 5.53 Å². The quantitative estimate of drug-likeness (QED) is 0.230. The second-order valence-corrected chi connectivity index (χ2v) is 7.03. The fourth-order valence-electron chi connectivity index (χ4n) is 3.79. The smallest absolute Gasteiger partial charge is 0.0454 e. The van der Waals surface area contributed by atoms with Gasteiger partial charge in [0.1, 0.15) is 0 Å². The Morgan fingerprint density at radius 2 is 1.57 bits per heavy atom. The molecule has 0 fully saturated rings. The Balaban J connectivity index is 1.68. The number of fused-ring (bicyclic) bond motifs is 2. The van der Waals surface area contributed by atoms with Crippen LogP contribution >= 0.6 is 0 Å². The van der Waals surface area contributed by atoms with Crippen LogP contribution < -0.4 is 5.32 Å². The summed E-state index contributed by atoms with van der Waals surface area (Å²) in [4.78, 5) is 2.99. The van der Waals surface area contributed by atoms with Crippen molar-refractivity contribution in [2.45, 2.75) is 19.0 Å². The number of nitrogens with one attached hydrogen (secondary N) is 1. The Kier molecular flexibility index (Phi) is 5.24. The lowest BCUT2D eigenvalue weighted by molar-refractivity contribution is 0.475. The number of benzene rings is 4. The lowest BCUT2D eigenvalue weighted by Gasteiger charge is -2.24. The summed E-state index contributed by atoms with van der Waals surface area (Å²) in [6, 6.07) is 29.5. The zero-order valence-electron chi connectivity index (χ0n) is 15.8. The van der Waals surface area contributed by atoms with Gasteiger partial charge in [0.25, 0.3) is 0 Å². The van der Waals surface area contributed by atoms with Crippen LogP contribution in [0.15, 0.2) is 90.0 Å². The molecule has 0 heterocycles. The number of hydrogen-bond donors (Lipinski definition) is 1. The summed E-state index contributed by atoms with van der Waals surface area (Å²) < 4.78 is 0. The van der Waals surface area contributed by atoms with Gasteiger partial charge >= 0.3 is 0 Å². The molecule has 0 aliphatic rings. The van der Waals surface area contributed by atoms with Gasteiger partial charge in [0.2, 0.25) is 0 Å². The van der Waals surface area contributed by atoms with E-state index >= 15 is 0 Å². The van der Waals surface area contributed by atoms with Crippen LogP contribution in [0, 0.1) is 0 Å². The molecule has 28 heavy (non-hydrogen) atoms. The highest BCUT2D eigenvalue weighted by Gasteiger charge is 2.17. The SMILES string of the molecule is C[C@@H](N[C@@H](CN=[N+]=[N-])c1cccc2ccccc12)c1ccc2ccccc2c1. The molecule has 4 aromatic carbocycles. The van der Waals surface area contributed by atoms with Gasteiger partial charge in [0, 0.05) is 23.5 Å². The summed E-state index contributed by atoms with van der Waals surface area (Å²) in [5.74, 6) is 0. The molecule has 0 aliphatic heterocycles. The Morgan fingerprint density at radius 1 is 0.857 bits per heavy atom. The largest absolute Gasteiger partial charge is 0.303 e. The molecular formula is C24H22N4. The molecule has 0 aromatic heterocycles. The maximum Gasteiger partial charge on any atom is 0.0454 e. The third-order valence-electron chi connectivity index (χ3n) is 5.25. The van der Waals surface area contributed by atoms with E-state index in [1.807, 2.05) is 12.1 Å². The molecule has 4 heteroatoms. The molecule has 2 atom stereocenters. The van der Waals surface area contributed by atoms with Crippen LogP contribution in [0.2, 0.25) is 0 Å². The van der Waals surface area contributed by atoms with Gasteiger partial charge in [-0.2, -0.15) is 0 Å². The van der Waals surface area contributed by atoms with E-state index in [-0.39, 0.29) is 12.1 Å². The monoisotopic (exact) mass is 366 g/mol. The second kappa shape index (κ2) is 8.13. The zero-order valence-corrected chi connectivity index (χ0v) is 15.8. The van der Waals surface area contributed by atoms with E-state index < -0.39 is 0 Å². The molecule has 1 N–H and O–H groups in total. The highest BCUT2D eigenvalue weighted by molar-refractivity contribution is 5.86. The number of azide groups is 1. The summed E-state index contributed by atoms with van der Waals surface area (Å²) in [5.41, 5.74) is 11.2. The fourth-order valence-corrected chi connectivity index (χ4v) is 3.79. The van der Waals surface area contributed by atoms with E-state index in [0.29, 0.717) is 6.54 Å². The molecule has 138 valence electrons. The Bertz CT molecular complexity index is 1160. The van der Waals surface area contributed by atoms with E-state index in [0.717, 1.165) is 5.56 Å². The first-order valence-electron chi connectivity index (χ1n) is 9.49. The van der Waals surface area contributed by atoms with Crippen molar-refractivity contribution in [3.05, 3.63) is 106 Å². The van der Waals surface area contributed by atoms with Crippen molar-refractivity contribution in [1.82, 2.24) is 5.32 Å². The van der Waals surface area contributed by atoms with Crippen molar-refractivity contribution in [2.24, 2.45) is 5.11 Å². The summed E-state index contributed by atoms with van der Waals surface area (Å²) in [6.07, 6.45) is 0. The van der Waals surface area contributed by atoms with Crippen LogP contribution in [0.5, 0.6) is 0 Å². The third kappa shape index (κ3) is 3.70. The van der Waals surface area contributed by atoms with Gasteiger partial charge in [0.15, 0.2) is 0 Å². The minimum absolute atomic E-state index is 0.0662. The van der Waals surface area contributed by atoms with Gasteiger partial charge in [0.05, 0.1) is 0 Å². The highest BCUT2D eigenvalue weighted by Crippen LogP contribution is 2.28. The maximum atomic E-state index is 8.88. The van der Waals surface area contributed by atoms with Crippen LogP contribution in [0.1, 0.15) is 30.1 Å². The van der Waals surface area contributed by atoms with Gasteiger partial charge in [-0.05, 0) is 51.2 Å². The van der Waals surface area contributed by atoms with E-state index in [1.54, 1.807) is 0 Å². The van der Waals surface area contributed by atoms with Gasteiger partial charge in [-0.1, -0.05) is 84.0 Å². The lowest BCUT2D eigenvalue weighted by atomic mass is 9.96. The zero-order chi connectivity index (χ0) is 19.3. The maximum absolute atomic E-state index is 8.88. The van der Waals surface area contributed by atoms with Crippen LogP contribution in [0.3, 0.4) is 0 Å². The minimum atomic E-state index is -0.0662. The van der Waals surface area contributed by atoms with Crippen LogP contribution in [-0.4, -0.2) is 6.54 Å². The fraction of sp³-hybridized carbons (Fsp3) is 0.167. The first-order chi connectivity index (χ1) is 13.8. The lowest BCUT2D eigenvalue weighted by Crippen LogP contribution is -2.27. The van der Waals surface area contributed by atoms with Crippen LogP contribution in [0.4, 0.5) is 0 Å². The molecule has 0 spiro atoms. The van der Waals surface area contributed by atoms with Crippen molar-refractivity contribution in [2.75, 3.05) is 6.54 Å². The van der Waals surface area contributed by atoms with Gasteiger partial charge in [-0.15, -0.1) is 0 Å². The van der Waals surface area contributed by atoms with Gasteiger partial charge in [-0.25, -0.2) is 0 Å². The normalized spacial score (nSPS) is 13.2. The van der Waals surface area contributed by atoms with Crippen molar-refractivity contribution >= 4 is 21.5 Å². The second-order valence-electron chi connectivity index (χ2n) is 7.03. The average Bonchev–Trinajstić information content (AvgIpc) is 2.75. The van der Waals surface area contributed by atoms with Crippen molar-refractivity contribution < 1.29 is 0 Å². The predicted molar refractivity (Wildman–Crippen MR) is 116 cm³/mol. The summed E-state index contributed by atoms with van der Waals surface area (Å²) in [5, 5.41) is 12.4. The summed E-state index contributed by atoms with van der Waals surface area (Å²) >= 11 is 0. The highest BCUT2D eigenvalue weighted by atomic mass is 15.1. The molecule has 4 aromatic rings. The molecule has 4 rings (SSSR count). The predicted octanol–water partition coefficient (Wildman–Crippen LogP) is 6.70. The third-order valence-corrected chi connectivity index (χ3v) is 5.25. The van der Waals surface area contributed by atoms with E-state index in [9.17, 15) is 0 Å². The Morgan fingerprint density at radius 3 is 2.39 bits per heavy atom. The van der Waals surface area contributed by atoms with E-state index in [2.05, 4.69) is 95.1 Å². The summed E-state index contributed by atoms with van der Waals surface area (Å²) in [7, 11) is 0. The van der Waals surface area contributed by atoms with E-state index in [1.165, 1.54) is 27.1 Å². The van der Waals surface area contributed by atoms with Crippen molar-refractivity contribution in [1.29, 1.82) is 0 Å². The molecule has 0 unspecified atom stereocenters. The molecular weight excluding hydrogens is 344 g/mol. The molecule has 0 saturated carbocycles. The minimum Gasteiger partial charge on any atom is -0.303 e. The molecule has 0 aliphatic carbocycles. The molecule has 0 amide bonds. The van der Waals surface area contributed by atoms with Crippen molar-refractivity contribution in [3.8, 4) is 0 Å². The molecule has 4 nitrogen and oxygen atoms in total. The topological polar surface area (TPSA) is 60.8 Å². The molecule has 0 radical (unpaired) electrons. The number of nitrogens with zero attached hydrogens (tertiary/aromatic N) is 3. The summed E-state index contributed by atoms with van der Waals surface area (Å²) in [6.45, 7) is 2.51. The van der Waals surface area contributed by atoms with Gasteiger partial charge in [-0.3, -0.25) is 0 Å². The molecule has 0 bridgehead atoms. The number of hydrogen-bond acceptors (Lipinski definition) is 2. The standard InChI is InChI=1S/C24H22N4/c1-17(20-14-13-18-7-2-3-9-21(18)15-20)27-24(16-26-28-25)23-12-6-10-19-8-4-5-11-22(19)23/h2-15,17,24,27H,16H2,1H3/t17-,24+/m1/s1. The Hall–Kier alpha value is -3.33. The molecule has 0 saturated heterocycles. The Labute approximate surface area is 164 Å². The van der Waals surface area contributed by atoms with Crippen LogP contribution in [-0.2, 0) is 0 Å². The van der Waals surface area contributed by atoms with Gasteiger partial charge < -0.3 is 5.32 Å². The van der Waals surface area contributed by atoms with Crippen LogP contribution in [0.25, 0.3) is 32.0 Å². The first kappa shape index (κ1) is 18.1. The average molecular weight is 366 g/mol. The van der Waals surface area contributed by atoms with Crippen molar-refractivity contribution in [3.63, 3.8) is 0 Å². The number of rotatable bonds is 6.